The lowest BCUT2D eigenvalue weighted by Crippen LogP contribution is -2.04. The van der Waals surface area contributed by atoms with Gasteiger partial charge >= 0.3 is 0 Å². The Labute approximate surface area is 460 Å². The molecule has 0 saturated heterocycles. The number of para-hydroxylation sites is 6. The van der Waals surface area contributed by atoms with Crippen molar-refractivity contribution >= 4 is 93.3 Å². The topological polar surface area (TPSA) is 45.5 Å². The molecule has 0 bridgehead atoms. The van der Waals surface area contributed by atoms with Crippen LogP contribution in [0.2, 0.25) is 0 Å². The Morgan fingerprint density at radius 3 is 1.71 bits per heavy atom. The molecule has 1 aliphatic rings. The smallest absolute Gasteiger partial charge is 0.138 e. The van der Waals surface area contributed by atoms with Crippen LogP contribution in [0.15, 0.2) is 261 Å². The van der Waals surface area contributed by atoms with Crippen LogP contribution in [0.5, 0.6) is 0 Å². The third-order valence-corrected chi connectivity index (χ3v) is 16.8. The maximum atomic E-state index is 5.60. The van der Waals surface area contributed by atoms with E-state index in [1.54, 1.807) is 0 Å². The van der Waals surface area contributed by atoms with Crippen molar-refractivity contribution in [2.45, 2.75) is 12.8 Å². The largest absolute Gasteiger partial charge is 0.313 e. The van der Waals surface area contributed by atoms with Gasteiger partial charge in [0.1, 0.15) is 5.82 Å². The highest BCUT2D eigenvalue weighted by atomic mass is 15.1. The SMILES string of the molecule is C1=Cc2c(n(-c3cc(-c4ccccc4)nc(-c4cccc(-c5cc6c7ccccc7n(-c7ccccc7)c6c6c5c5ccccc5n6-c5ccc6ccccc6n5)c4)c3)c3cc4c(cc23)c2ccccc2n4-c2ccccc2)CC1. The van der Waals surface area contributed by atoms with Gasteiger partial charge in [0.05, 0.1) is 61.2 Å². The molecule has 0 atom stereocenters. The third-order valence-electron chi connectivity index (χ3n) is 16.8. The zero-order chi connectivity index (χ0) is 52.4. The molecule has 374 valence electrons. The molecule has 6 aromatic heterocycles. The van der Waals surface area contributed by atoms with Crippen LogP contribution in [0.25, 0.3) is 150 Å². The van der Waals surface area contributed by atoms with Gasteiger partial charge in [-0.2, -0.15) is 0 Å². The van der Waals surface area contributed by atoms with E-state index in [0.717, 1.165) is 108 Å². The van der Waals surface area contributed by atoms with E-state index < -0.39 is 0 Å². The molecule has 17 rings (SSSR count). The number of rotatable bonds is 7. The molecular formula is C74H48N6. The molecule has 0 amide bonds. The second kappa shape index (κ2) is 17.5. The van der Waals surface area contributed by atoms with Crippen molar-refractivity contribution in [2.24, 2.45) is 0 Å². The molecule has 16 aromatic rings. The molecule has 0 unspecified atom stereocenters. The van der Waals surface area contributed by atoms with Crippen molar-refractivity contribution in [1.82, 2.24) is 28.2 Å². The fourth-order valence-corrected chi connectivity index (χ4v) is 13.3. The lowest BCUT2D eigenvalue weighted by Gasteiger charge is -2.17. The minimum atomic E-state index is 0.874. The Morgan fingerprint density at radius 1 is 0.338 bits per heavy atom. The number of aromatic nitrogens is 6. The first-order valence-corrected chi connectivity index (χ1v) is 27.6. The van der Waals surface area contributed by atoms with Crippen LogP contribution in [0.1, 0.15) is 17.7 Å². The highest BCUT2D eigenvalue weighted by Crippen LogP contribution is 2.48. The van der Waals surface area contributed by atoms with E-state index in [4.69, 9.17) is 9.97 Å². The predicted octanol–water partition coefficient (Wildman–Crippen LogP) is 18.8. The normalized spacial score (nSPS) is 12.6. The fourth-order valence-electron chi connectivity index (χ4n) is 13.3. The second-order valence-electron chi connectivity index (χ2n) is 21.2. The maximum absolute atomic E-state index is 5.60. The van der Waals surface area contributed by atoms with E-state index in [0.29, 0.717) is 0 Å². The molecule has 0 N–H and O–H groups in total. The van der Waals surface area contributed by atoms with Gasteiger partial charge in [-0.15, -0.1) is 0 Å². The van der Waals surface area contributed by atoms with Gasteiger partial charge in [-0.3, -0.25) is 4.57 Å². The average molecular weight is 1020 g/mol. The number of hydrogen-bond donors (Lipinski definition) is 0. The summed E-state index contributed by atoms with van der Waals surface area (Å²) >= 11 is 0. The standard InChI is InChI=1S/C74H48N6/c1-4-21-47(22-5-1)63-42-53(78-66-36-17-12-31-55(66)60-45-59-54-30-11-16-35-65(54)77(69(59)46-70(60)78)51-26-6-2-7-27-51)43-64(75-63)50-25-20-24-49(41-50)58-44-61-56-32-13-18-37-67(56)79(52-28-8-3-9-29-52)73(61)74-72(58)57-33-14-19-38-68(57)80(74)71-40-39-48-23-10-15-34-62(48)76-71/h1-16,18-35,37-46H,17,36H2. The maximum Gasteiger partial charge on any atom is 0.138 e. The van der Waals surface area contributed by atoms with E-state index in [1.165, 1.54) is 60.1 Å². The van der Waals surface area contributed by atoms with Gasteiger partial charge in [-0.05, 0) is 121 Å². The average Bonchev–Trinajstić information content (AvgIpc) is 4.38. The quantitative estimate of drug-likeness (QED) is 0.160. The Hall–Kier alpha value is -10.6. The first kappa shape index (κ1) is 44.6. The molecule has 6 nitrogen and oxygen atoms in total. The van der Waals surface area contributed by atoms with Crippen LogP contribution in [0.3, 0.4) is 0 Å². The van der Waals surface area contributed by atoms with E-state index in [-0.39, 0.29) is 0 Å². The summed E-state index contributed by atoms with van der Waals surface area (Å²) < 4.78 is 9.83. The summed E-state index contributed by atoms with van der Waals surface area (Å²) in [7, 11) is 0. The summed E-state index contributed by atoms with van der Waals surface area (Å²) in [6.07, 6.45) is 6.60. The Bertz CT molecular complexity index is 5230. The van der Waals surface area contributed by atoms with Gasteiger partial charge in [-0.25, -0.2) is 9.97 Å². The van der Waals surface area contributed by atoms with Crippen LogP contribution >= 0.6 is 0 Å². The molecule has 0 spiro atoms. The van der Waals surface area contributed by atoms with Gasteiger partial charge in [0, 0.05) is 76.8 Å². The highest BCUT2D eigenvalue weighted by molar-refractivity contribution is 6.28. The number of benzene rings is 10. The number of fused-ring (bicyclic) bond motifs is 14. The van der Waals surface area contributed by atoms with E-state index in [1.807, 2.05) is 0 Å². The van der Waals surface area contributed by atoms with E-state index >= 15 is 0 Å². The second-order valence-corrected chi connectivity index (χ2v) is 21.2. The zero-order valence-corrected chi connectivity index (χ0v) is 43.5. The summed E-state index contributed by atoms with van der Waals surface area (Å²) in [5.41, 5.74) is 21.2. The number of allylic oxidation sites excluding steroid dienone is 1. The summed E-state index contributed by atoms with van der Waals surface area (Å²) in [5.74, 6) is 0.874. The molecule has 80 heavy (non-hydrogen) atoms. The van der Waals surface area contributed by atoms with Gasteiger partial charge in [0.25, 0.3) is 0 Å². The fraction of sp³-hybridized carbons (Fsp3) is 0.0270. The minimum absolute atomic E-state index is 0.874. The van der Waals surface area contributed by atoms with Crippen molar-refractivity contribution in [3.63, 3.8) is 0 Å². The summed E-state index contributed by atoms with van der Waals surface area (Å²) in [4.78, 5) is 11.0. The molecule has 0 radical (unpaired) electrons. The zero-order valence-electron chi connectivity index (χ0n) is 43.5. The molecule has 6 heteroatoms. The molecule has 10 aromatic carbocycles. The van der Waals surface area contributed by atoms with E-state index in [9.17, 15) is 0 Å². The highest BCUT2D eigenvalue weighted by Gasteiger charge is 2.27. The third kappa shape index (κ3) is 6.66. The molecule has 6 heterocycles. The predicted molar refractivity (Wildman–Crippen MR) is 333 cm³/mol. The molecule has 0 saturated carbocycles. The van der Waals surface area contributed by atoms with Crippen LogP contribution in [-0.4, -0.2) is 28.2 Å². The van der Waals surface area contributed by atoms with Crippen molar-refractivity contribution < 1.29 is 0 Å². The Kier molecular flexibility index (Phi) is 9.74. The molecule has 0 fully saturated rings. The summed E-state index contributed by atoms with van der Waals surface area (Å²) in [6, 6.07) is 92.6. The molecule has 1 aliphatic carbocycles. The lowest BCUT2D eigenvalue weighted by atomic mass is 9.94. The van der Waals surface area contributed by atoms with Crippen molar-refractivity contribution in [2.75, 3.05) is 0 Å². The molecule has 0 aliphatic heterocycles. The van der Waals surface area contributed by atoms with Gasteiger partial charge < -0.3 is 13.7 Å². The van der Waals surface area contributed by atoms with Crippen LogP contribution in [-0.2, 0) is 6.42 Å². The lowest BCUT2D eigenvalue weighted by molar-refractivity contribution is 0.888. The molecular weight excluding hydrogens is 973 g/mol. The van der Waals surface area contributed by atoms with E-state index in [2.05, 4.69) is 285 Å². The van der Waals surface area contributed by atoms with Crippen LogP contribution in [0.4, 0.5) is 0 Å². The summed E-state index contributed by atoms with van der Waals surface area (Å²) in [6.45, 7) is 0. The number of nitrogens with zero attached hydrogens (tertiary/aromatic N) is 6. The minimum Gasteiger partial charge on any atom is -0.313 e. The van der Waals surface area contributed by atoms with Gasteiger partial charge in [-0.1, -0.05) is 170 Å². The van der Waals surface area contributed by atoms with Gasteiger partial charge in [0.15, 0.2) is 0 Å². The van der Waals surface area contributed by atoms with Crippen LogP contribution in [0, 0.1) is 0 Å². The summed E-state index contributed by atoms with van der Waals surface area (Å²) in [5, 5.41) is 9.56. The Morgan fingerprint density at radius 2 is 0.938 bits per heavy atom. The first-order valence-electron chi connectivity index (χ1n) is 27.6. The Balaban J connectivity index is 0.935. The van der Waals surface area contributed by atoms with Crippen molar-refractivity contribution in [1.29, 1.82) is 0 Å². The first-order chi connectivity index (χ1) is 39.7. The number of pyridine rings is 2. The monoisotopic (exact) mass is 1020 g/mol. The van der Waals surface area contributed by atoms with Crippen LogP contribution < -0.4 is 0 Å². The van der Waals surface area contributed by atoms with Crippen molar-refractivity contribution in [3.05, 3.63) is 272 Å². The van der Waals surface area contributed by atoms with Gasteiger partial charge in [0.2, 0.25) is 0 Å². The van der Waals surface area contributed by atoms with Crippen molar-refractivity contribution in [3.8, 4) is 56.5 Å². The number of hydrogen-bond acceptors (Lipinski definition) is 2.